The van der Waals surface area contributed by atoms with E-state index in [0.717, 1.165) is 30.7 Å². The molecule has 5 unspecified atom stereocenters. The average molecular weight is 368 g/mol. The van der Waals surface area contributed by atoms with Gasteiger partial charge in [-0.3, -0.25) is 10.5 Å². The predicted molar refractivity (Wildman–Crippen MR) is 96.2 cm³/mol. The molecule has 1 spiro atoms. The van der Waals surface area contributed by atoms with E-state index in [0.29, 0.717) is 30.1 Å². The maximum Gasteiger partial charge on any atom is 0.344 e. The summed E-state index contributed by atoms with van der Waals surface area (Å²) in [6.45, 7) is 0. The van der Waals surface area contributed by atoms with Crippen LogP contribution in [0.3, 0.4) is 0 Å². The maximum atomic E-state index is 12.9. The van der Waals surface area contributed by atoms with Crippen LogP contribution in [0.1, 0.15) is 66.4 Å². The average Bonchev–Trinajstić information content (AvgIpc) is 3.37. The lowest BCUT2D eigenvalue weighted by atomic mass is 9.43. The minimum atomic E-state index is -0.898. The quantitative estimate of drug-likeness (QED) is 0.847. The van der Waals surface area contributed by atoms with E-state index in [1.807, 2.05) is 6.07 Å². The van der Waals surface area contributed by atoms with E-state index < -0.39 is 17.1 Å². The number of benzene rings is 1. The third-order valence-electron chi connectivity index (χ3n) is 8.36. The van der Waals surface area contributed by atoms with Crippen LogP contribution in [-0.4, -0.2) is 28.5 Å². The summed E-state index contributed by atoms with van der Waals surface area (Å²) in [5.74, 6) is 1.86. The lowest BCUT2D eigenvalue weighted by Crippen LogP contribution is -2.71. The Balaban J connectivity index is 1.58. The highest BCUT2D eigenvalue weighted by Gasteiger charge is 2.73. The van der Waals surface area contributed by atoms with E-state index in [2.05, 4.69) is 5.73 Å². The molecule has 4 aliphatic carbocycles. The second-order valence-electron chi connectivity index (χ2n) is 9.55. The van der Waals surface area contributed by atoms with Gasteiger partial charge in [0.05, 0.1) is 11.0 Å². The Morgan fingerprint density at radius 1 is 1.26 bits per heavy atom. The Bertz CT molecular complexity index is 891. The van der Waals surface area contributed by atoms with Crippen LogP contribution in [0.4, 0.5) is 0 Å². The molecule has 1 heterocycles. The summed E-state index contributed by atoms with van der Waals surface area (Å²) >= 11 is 0. The molecule has 142 valence electrons. The minimum Gasteiger partial charge on any atom is -0.480 e. The maximum absolute atomic E-state index is 12.9. The van der Waals surface area contributed by atoms with Gasteiger partial charge in [0, 0.05) is 12.0 Å². The summed E-state index contributed by atoms with van der Waals surface area (Å²) in [6.07, 6.45) is 6.76. The van der Waals surface area contributed by atoms with Crippen LogP contribution in [-0.2, 0) is 16.6 Å². The minimum absolute atomic E-state index is 0.0746. The molecule has 3 fully saturated rings. The number of ketones is 1. The molecule has 1 aliphatic heterocycles. The summed E-state index contributed by atoms with van der Waals surface area (Å²) in [7, 11) is 0. The molecule has 5 nitrogen and oxygen atoms in total. The molecule has 2 bridgehead atoms. The van der Waals surface area contributed by atoms with Gasteiger partial charge in [0.15, 0.2) is 11.9 Å². The van der Waals surface area contributed by atoms with Gasteiger partial charge in [-0.2, -0.15) is 0 Å². The zero-order valence-corrected chi connectivity index (χ0v) is 15.5. The normalized spacial score (nSPS) is 41.1. The van der Waals surface area contributed by atoms with E-state index in [1.165, 1.54) is 24.8 Å². The van der Waals surface area contributed by atoms with Crippen molar-refractivity contribution in [3.63, 3.8) is 0 Å². The van der Waals surface area contributed by atoms with Crippen LogP contribution in [0.15, 0.2) is 12.1 Å². The van der Waals surface area contributed by atoms with Gasteiger partial charge in [-0.25, -0.2) is 4.79 Å². The Morgan fingerprint density at radius 3 is 2.81 bits per heavy atom. The summed E-state index contributed by atoms with van der Waals surface area (Å²) in [6, 6.07) is 3.83. The monoisotopic (exact) mass is 368 g/mol. The highest BCUT2D eigenvalue weighted by molar-refractivity contribution is 5.94. The van der Waals surface area contributed by atoms with Crippen LogP contribution < -0.4 is 10.5 Å². The van der Waals surface area contributed by atoms with Crippen molar-refractivity contribution in [3.05, 3.63) is 28.8 Å². The Labute approximate surface area is 158 Å². The van der Waals surface area contributed by atoms with Crippen molar-refractivity contribution in [2.45, 2.75) is 68.5 Å². The second-order valence-corrected chi connectivity index (χ2v) is 9.55. The molecular formula is C22H26NO4+. The highest BCUT2D eigenvalue weighted by atomic mass is 16.5. The van der Waals surface area contributed by atoms with E-state index in [9.17, 15) is 14.7 Å². The van der Waals surface area contributed by atoms with Crippen LogP contribution in [0, 0.1) is 17.8 Å². The first-order chi connectivity index (χ1) is 13.0. The summed E-state index contributed by atoms with van der Waals surface area (Å²) < 4.78 is 6.21. The second kappa shape index (κ2) is 5.00. The van der Waals surface area contributed by atoms with Crippen molar-refractivity contribution in [1.82, 2.24) is 0 Å². The number of carbonyl (C=O) groups is 2. The third kappa shape index (κ3) is 1.82. The SMILES string of the molecule is [NH3+]C(=O)c1ccc2c3c1OC1C(=O)CCC4(O)C(C2)C(CC2CC2)CCC314. The first kappa shape index (κ1) is 16.3. The molecule has 1 aromatic rings. The van der Waals surface area contributed by atoms with Crippen LogP contribution >= 0.6 is 0 Å². The number of amides is 1. The summed E-state index contributed by atoms with van der Waals surface area (Å²) in [4.78, 5) is 25.0. The predicted octanol–water partition coefficient (Wildman–Crippen LogP) is 1.54. The van der Waals surface area contributed by atoms with Gasteiger partial charge in [0.2, 0.25) is 0 Å². The van der Waals surface area contributed by atoms with Gasteiger partial charge in [0.25, 0.3) is 0 Å². The number of quaternary nitrogens is 1. The van der Waals surface area contributed by atoms with Crippen molar-refractivity contribution >= 4 is 11.7 Å². The van der Waals surface area contributed by atoms with Crippen LogP contribution in [0.5, 0.6) is 5.75 Å². The fraction of sp³-hybridized carbons (Fsp3) is 0.636. The Hall–Kier alpha value is -1.72. The number of ether oxygens (including phenoxy) is 1. The van der Waals surface area contributed by atoms with Crippen molar-refractivity contribution in [3.8, 4) is 5.75 Å². The molecule has 5 atom stereocenters. The third-order valence-corrected chi connectivity index (χ3v) is 8.36. The number of hydrogen-bond donors (Lipinski definition) is 2. The van der Waals surface area contributed by atoms with Crippen molar-refractivity contribution in [1.29, 1.82) is 0 Å². The van der Waals surface area contributed by atoms with Crippen molar-refractivity contribution in [2.75, 3.05) is 0 Å². The number of aliphatic hydroxyl groups is 1. The first-order valence-electron chi connectivity index (χ1n) is 10.4. The molecule has 0 aromatic heterocycles. The van der Waals surface area contributed by atoms with E-state index in [-0.39, 0.29) is 17.6 Å². The van der Waals surface area contributed by atoms with Gasteiger partial charge < -0.3 is 9.84 Å². The zero-order valence-electron chi connectivity index (χ0n) is 15.5. The summed E-state index contributed by atoms with van der Waals surface area (Å²) in [5.41, 5.74) is 4.58. The van der Waals surface area contributed by atoms with Gasteiger partial charge in [-0.05, 0) is 61.5 Å². The molecule has 27 heavy (non-hydrogen) atoms. The molecule has 5 heteroatoms. The van der Waals surface area contributed by atoms with E-state index >= 15 is 0 Å². The number of carbonyl (C=O) groups excluding carboxylic acids is 2. The number of rotatable bonds is 3. The Kier molecular flexibility index (Phi) is 3.01. The number of Topliss-reactive ketones (excluding diaryl/α,β-unsaturated/α-hetero) is 1. The first-order valence-corrected chi connectivity index (χ1v) is 10.4. The molecule has 0 radical (unpaired) electrons. The molecule has 4 N–H and O–H groups in total. The fourth-order valence-corrected chi connectivity index (χ4v) is 7.06. The fourth-order valence-electron chi connectivity index (χ4n) is 7.06. The molecular weight excluding hydrogens is 342 g/mol. The van der Waals surface area contributed by atoms with Crippen molar-refractivity contribution in [2.24, 2.45) is 17.8 Å². The molecule has 0 saturated heterocycles. The van der Waals surface area contributed by atoms with Crippen LogP contribution in [0.25, 0.3) is 0 Å². The van der Waals surface area contributed by atoms with Crippen molar-refractivity contribution < 1.29 is 25.2 Å². The van der Waals surface area contributed by atoms with Gasteiger partial charge in [0.1, 0.15) is 11.3 Å². The van der Waals surface area contributed by atoms with E-state index in [1.54, 1.807) is 6.07 Å². The molecule has 6 rings (SSSR count). The van der Waals surface area contributed by atoms with Gasteiger partial charge in [-0.15, -0.1) is 0 Å². The summed E-state index contributed by atoms with van der Waals surface area (Å²) in [5, 5.41) is 12.1. The van der Waals surface area contributed by atoms with Gasteiger partial charge in [-0.1, -0.05) is 18.9 Å². The molecule has 3 saturated carbocycles. The standard InChI is InChI=1S/C22H25NO4/c23-20(25)14-4-3-13-10-15-12(9-11-1-2-11)5-7-21-17(13)18(14)27-19(21)16(24)6-8-22(15,21)26/h3-4,11-12,15,19,26H,1-2,5-10H2,(H2,23,25)/p+1. The lowest BCUT2D eigenvalue weighted by Gasteiger charge is -2.61. The largest absolute Gasteiger partial charge is 0.480 e. The molecule has 1 amide bonds. The van der Waals surface area contributed by atoms with Gasteiger partial charge >= 0.3 is 5.91 Å². The Morgan fingerprint density at radius 2 is 2.07 bits per heavy atom. The molecule has 1 aromatic carbocycles. The lowest BCUT2D eigenvalue weighted by molar-refractivity contribution is -0.255. The smallest absolute Gasteiger partial charge is 0.344 e. The zero-order chi connectivity index (χ0) is 18.6. The van der Waals surface area contributed by atoms with Crippen LogP contribution in [0.2, 0.25) is 0 Å². The number of hydrogen-bond acceptors (Lipinski definition) is 4. The topological polar surface area (TPSA) is 91.2 Å². The van der Waals surface area contributed by atoms with E-state index in [4.69, 9.17) is 4.74 Å². The molecule has 5 aliphatic rings. The highest BCUT2D eigenvalue weighted by Crippen LogP contribution is 2.67.